The Labute approximate surface area is 177 Å². The van der Waals surface area contributed by atoms with E-state index < -0.39 is 5.92 Å². The first kappa shape index (κ1) is 19.3. The van der Waals surface area contributed by atoms with Crippen LogP contribution in [0.5, 0.6) is 0 Å². The van der Waals surface area contributed by atoms with Gasteiger partial charge in [0.15, 0.2) is 5.82 Å². The minimum Gasteiger partial charge on any atom is -0.366 e. The molecule has 1 aliphatic rings. The Morgan fingerprint density at radius 1 is 1.03 bits per heavy atom. The van der Waals surface area contributed by atoms with Gasteiger partial charge in [-0.3, -0.25) is 9.36 Å². The second-order valence-corrected chi connectivity index (χ2v) is 7.92. The van der Waals surface area contributed by atoms with Crippen molar-refractivity contribution < 1.29 is 8.78 Å². The van der Waals surface area contributed by atoms with Crippen molar-refractivity contribution in [2.24, 2.45) is 14.1 Å². The van der Waals surface area contributed by atoms with Gasteiger partial charge in [-0.2, -0.15) is 10.2 Å². The van der Waals surface area contributed by atoms with Gasteiger partial charge in [0.05, 0.1) is 17.5 Å². The Morgan fingerprint density at radius 2 is 1.84 bits per heavy atom. The SMILES string of the molecule is Cn1cc(-c2cccc(-c3ncc(-c4ccn(C)n4)c(NC4CC(F)(F)C4)n3)c2)cn1. The van der Waals surface area contributed by atoms with Crippen LogP contribution in [0.25, 0.3) is 33.8 Å². The number of aryl methyl sites for hydroxylation is 2. The molecule has 1 saturated carbocycles. The molecule has 1 N–H and O–H groups in total. The molecule has 1 fully saturated rings. The molecule has 7 nitrogen and oxygen atoms in total. The first-order chi connectivity index (χ1) is 14.9. The monoisotopic (exact) mass is 421 g/mol. The van der Waals surface area contributed by atoms with E-state index in [-0.39, 0.29) is 18.9 Å². The number of anilines is 1. The molecule has 0 amide bonds. The lowest BCUT2D eigenvalue weighted by molar-refractivity contribution is -0.0794. The summed E-state index contributed by atoms with van der Waals surface area (Å²) in [7, 11) is 3.69. The van der Waals surface area contributed by atoms with E-state index in [9.17, 15) is 8.78 Å². The predicted octanol–water partition coefficient (Wildman–Crippen LogP) is 4.15. The summed E-state index contributed by atoms with van der Waals surface area (Å²) in [6.45, 7) is 0. The third-order valence-corrected chi connectivity index (χ3v) is 5.37. The lowest BCUT2D eigenvalue weighted by Gasteiger charge is -2.36. The summed E-state index contributed by atoms with van der Waals surface area (Å²) in [5.41, 5.74) is 4.19. The Kier molecular flexibility index (Phi) is 4.53. The molecular formula is C22H21F2N7. The third kappa shape index (κ3) is 3.90. The summed E-state index contributed by atoms with van der Waals surface area (Å²) in [6, 6.07) is 9.38. The van der Waals surface area contributed by atoms with E-state index in [1.165, 1.54) is 0 Å². The van der Waals surface area contributed by atoms with Gasteiger partial charge < -0.3 is 5.32 Å². The average Bonchev–Trinajstić information content (AvgIpc) is 3.35. The zero-order valence-corrected chi connectivity index (χ0v) is 17.1. The highest BCUT2D eigenvalue weighted by Crippen LogP contribution is 2.40. The average molecular weight is 421 g/mol. The molecule has 0 radical (unpaired) electrons. The molecule has 3 heterocycles. The summed E-state index contributed by atoms with van der Waals surface area (Å²) in [5, 5.41) is 11.8. The van der Waals surface area contributed by atoms with Crippen LogP contribution >= 0.6 is 0 Å². The summed E-state index contributed by atoms with van der Waals surface area (Å²) >= 11 is 0. The van der Waals surface area contributed by atoms with E-state index in [0.717, 1.165) is 16.7 Å². The fourth-order valence-electron chi connectivity index (χ4n) is 3.74. The Bertz CT molecular complexity index is 1240. The lowest BCUT2D eigenvalue weighted by atomic mass is 9.88. The molecule has 0 spiro atoms. The number of halogens is 2. The highest BCUT2D eigenvalue weighted by molar-refractivity contribution is 5.75. The van der Waals surface area contributed by atoms with Gasteiger partial charge in [0.1, 0.15) is 5.82 Å². The fraction of sp³-hybridized carbons (Fsp3) is 0.273. The maximum absolute atomic E-state index is 13.4. The predicted molar refractivity (Wildman–Crippen MR) is 113 cm³/mol. The topological polar surface area (TPSA) is 73.5 Å². The van der Waals surface area contributed by atoms with Gasteiger partial charge in [0.2, 0.25) is 0 Å². The highest BCUT2D eigenvalue weighted by atomic mass is 19.3. The van der Waals surface area contributed by atoms with Gasteiger partial charge in [-0.15, -0.1) is 0 Å². The number of rotatable bonds is 5. The van der Waals surface area contributed by atoms with Crippen molar-refractivity contribution in [2.75, 3.05) is 5.32 Å². The molecule has 3 aromatic heterocycles. The van der Waals surface area contributed by atoms with E-state index in [0.29, 0.717) is 22.9 Å². The molecule has 158 valence electrons. The van der Waals surface area contributed by atoms with Crippen LogP contribution in [0.1, 0.15) is 12.8 Å². The van der Waals surface area contributed by atoms with Crippen molar-refractivity contribution in [2.45, 2.75) is 24.8 Å². The summed E-state index contributed by atoms with van der Waals surface area (Å²) in [4.78, 5) is 9.25. The Balaban J connectivity index is 1.52. The Morgan fingerprint density at radius 3 is 2.52 bits per heavy atom. The van der Waals surface area contributed by atoms with Crippen molar-refractivity contribution in [3.05, 3.63) is 55.1 Å². The van der Waals surface area contributed by atoms with Gasteiger partial charge in [-0.05, 0) is 17.7 Å². The molecule has 1 aromatic carbocycles. The molecule has 0 atom stereocenters. The van der Waals surface area contributed by atoms with E-state index in [1.807, 2.05) is 56.8 Å². The molecule has 31 heavy (non-hydrogen) atoms. The van der Waals surface area contributed by atoms with E-state index in [1.54, 1.807) is 21.8 Å². The first-order valence-electron chi connectivity index (χ1n) is 9.97. The standard InChI is InChI=1S/C22H21F2N7/c1-30-7-6-19(29-30)18-12-25-20(28-21(18)27-17-9-22(23,24)10-17)15-5-3-4-14(8-15)16-11-26-31(2)13-16/h3-8,11-13,17H,9-10H2,1-2H3,(H,25,27,28). The minimum atomic E-state index is -2.61. The second-order valence-electron chi connectivity index (χ2n) is 7.92. The van der Waals surface area contributed by atoms with E-state index >= 15 is 0 Å². The molecule has 0 unspecified atom stereocenters. The summed E-state index contributed by atoms with van der Waals surface area (Å²) in [6.07, 6.45) is 6.85. The number of nitrogens with zero attached hydrogens (tertiary/aromatic N) is 6. The van der Waals surface area contributed by atoms with Crippen LogP contribution < -0.4 is 5.32 Å². The van der Waals surface area contributed by atoms with Crippen molar-refractivity contribution in [3.63, 3.8) is 0 Å². The highest BCUT2D eigenvalue weighted by Gasteiger charge is 2.45. The number of hydrogen-bond acceptors (Lipinski definition) is 5. The molecule has 0 saturated heterocycles. The van der Waals surface area contributed by atoms with Crippen LogP contribution in [0.3, 0.4) is 0 Å². The maximum Gasteiger partial charge on any atom is 0.252 e. The number of alkyl halides is 2. The summed E-state index contributed by atoms with van der Waals surface area (Å²) < 4.78 is 30.2. The fourth-order valence-corrected chi connectivity index (χ4v) is 3.74. The van der Waals surface area contributed by atoms with Crippen molar-refractivity contribution in [1.29, 1.82) is 0 Å². The molecule has 0 bridgehead atoms. The van der Waals surface area contributed by atoms with Crippen molar-refractivity contribution >= 4 is 5.82 Å². The molecule has 5 rings (SSSR count). The number of aromatic nitrogens is 6. The molecular weight excluding hydrogens is 400 g/mol. The van der Waals surface area contributed by atoms with Gasteiger partial charge in [0, 0.05) is 62.7 Å². The zero-order valence-electron chi connectivity index (χ0n) is 17.1. The van der Waals surface area contributed by atoms with Gasteiger partial charge in [-0.1, -0.05) is 18.2 Å². The largest absolute Gasteiger partial charge is 0.366 e. The smallest absolute Gasteiger partial charge is 0.252 e. The van der Waals surface area contributed by atoms with Crippen LogP contribution in [0.15, 0.2) is 55.1 Å². The van der Waals surface area contributed by atoms with Crippen LogP contribution in [0.4, 0.5) is 14.6 Å². The first-order valence-corrected chi connectivity index (χ1v) is 9.97. The quantitative estimate of drug-likeness (QED) is 0.524. The van der Waals surface area contributed by atoms with Gasteiger partial charge in [-0.25, -0.2) is 18.7 Å². The van der Waals surface area contributed by atoms with Gasteiger partial charge >= 0.3 is 0 Å². The van der Waals surface area contributed by atoms with E-state index in [2.05, 4.69) is 20.5 Å². The Hall–Kier alpha value is -3.62. The number of nitrogens with one attached hydrogen (secondary N) is 1. The van der Waals surface area contributed by atoms with Crippen molar-refractivity contribution in [3.8, 4) is 33.8 Å². The molecule has 1 aliphatic carbocycles. The lowest BCUT2D eigenvalue weighted by Crippen LogP contribution is -2.44. The maximum atomic E-state index is 13.4. The summed E-state index contributed by atoms with van der Waals surface area (Å²) in [5.74, 6) is -1.59. The van der Waals surface area contributed by atoms with E-state index in [4.69, 9.17) is 4.98 Å². The number of hydrogen-bond donors (Lipinski definition) is 1. The molecule has 0 aliphatic heterocycles. The van der Waals surface area contributed by atoms with Gasteiger partial charge in [0.25, 0.3) is 5.92 Å². The second kappa shape index (κ2) is 7.26. The molecule has 9 heteroatoms. The number of benzene rings is 1. The van der Waals surface area contributed by atoms with Crippen molar-refractivity contribution in [1.82, 2.24) is 29.5 Å². The minimum absolute atomic E-state index is 0.204. The van der Waals surface area contributed by atoms with Crippen LogP contribution in [-0.4, -0.2) is 41.5 Å². The third-order valence-electron chi connectivity index (χ3n) is 5.37. The van der Waals surface area contributed by atoms with Crippen LogP contribution in [0.2, 0.25) is 0 Å². The zero-order chi connectivity index (χ0) is 21.6. The van der Waals surface area contributed by atoms with Crippen LogP contribution in [0, 0.1) is 0 Å². The van der Waals surface area contributed by atoms with Crippen LogP contribution in [-0.2, 0) is 14.1 Å². The normalized spacial score (nSPS) is 15.6. The molecule has 4 aromatic rings.